The van der Waals surface area contributed by atoms with Gasteiger partial charge in [0, 0.05) is 33.4 Å². The molecule has 0 fully saturated rings. The fraction of sp³-hybridized carbons (Fsp3) is 0.900. The van der Waals surface area contributed by atoms with Gasteiger partial charge in [0.05, 0.1) is 19.6 Å². The van der Waals surface area contributed by atoms with Crippen LogP contribution in [-0.4, -0.2) is 62.5 Å². The molecule has 0 bridgehead atoms. The monoisotopic (exact) mass is 219 g/mol. The molecule has 15 heavy (non-hydrogen) atoms. The van der Waals surface area contributed by atoms with Gasteiger partial charge in [-0.3, -0.25) is 9.69 Å². The van der Waals surface area contributed by atoms with E-state index in [0.29, 0.717) is 13.2 Å². The van der Waals surface area contributed by atoms with Crippen LogP contribution in [0.25, 0.3) is 0 Å². The minimum atomic E-state index is -0.776. The maximum absolute atomic E-state index is 10.6. The number of aliphatic carboxylic acids is 1. The lowest BCUT2D eigenvalue weighted by Gasteiger charge is -2.27. The SMILES string of the molecule is COCCN(CCOC)C(C)CC(=O)O. The van der Waals surface area contributed by atoms with E-state index in [1.807, 2.05) is 6.92 Å². The third kappa shape index (κ3) is 7.30. The van der Waals surface area contributed by atoms with E-state index in [-0.39, 0.29) is 12.5 Å². The first kappa shape index (κ1) is 14.3. The summed E-state index contributed by atoms with van der Waals surface area (Å²) >= 11 is 0. The Morgan fingerprint density at radius 2 is 1.73 bits per heavy atom. The summed E-state index contributed by atoms with van der Waals surface area (Å²) in [5, 5.41) is 8.69. The number of hydrogen-bond acceptors (Lipinski definition) is 4. The number of methoxy groups -OCH3 is 2. The molecule has 0 aliphatic rings. The van der Waals surface area contributed by atoms with Gasteiger partial charge in [-0.05, 0) is 6.92 Å². The zero-order valence-electron chi connectivity index (χ0n) is 9.73. The van der Waals surface area contributed by atoms with Crippen LogP contribution in [0.15, 0.2) is 0 Å². The van der Waals surface area contributed by atoms with Crippen molar-refractivity contribution < 1.29 is 19.4 Å². The van der Waals surface area contributed by atoms with Crippen molar-refractivity contribution in [3.63, 3.8) is 0 Å². The zero-order valence-corrected chi connectivity index (χ0v) is 9.73. The molecule has 1 atom stereocenters. The van der Waals surface area contributed by atoms with Crippen molar-refractivity contribution in [1.29, 1.82) is 0 Å². The van der Waals surface area contributed by atoms with Gasteiger partial charge in [-0.15, -0.1) is 0 Å². The normalized spacial score (nSPS) is 13.1. The lowest BCUT2D eigenvalue weighted by molar-refractivity contribution is -0.138. The van der Waals surface area contributed by atoms with E-state index in [1.165, 1.54) is 0 Å². The van der Waals surface area contributed by atoms with E-state index in [1.54, 1.807) is 14.2 Å². The summed E-state index contributed by atoms with van der Waals surface area (Å²) in [6, 6.07) is 0.00722. The van der Waals surface area contributed by atoms with Gasteiger partial charge >= 0.3 is 5.97 Å². The van der Waals surface area contributed by atoms with Gasteiger partial charge < -0.3 is 14.6 Å². The molecule has 1 unspecified atom stereocenters. The number of carbonyl (C=O) groups is 1. The molecule has 0 rings (SSSR count). The summed E-state index contributed by atoms with van der Waals surface area (Å²) in [6.45, 7) is 4.57. The molecule has 0 saturated carbocycles. The predicted octanol–water partition coefficient (Wildman–Crippen LogP) is 0.444. The van der Waals surface area contributed by atoms with Gasteiger partial charge in [0.2, 0.25) is 0 Å². The zero-order chi connectivity index (χ0) is 11.7. The van der Waals surface area contributed by atoms with Crippen molar-refractivity contribution in [3.8, 4) is 0 Å². The Balaban J connectivity index is 4.00. The molecule has 5 nitrogen and oxygen atoms in total. The Bertz CT molecular complexity index is 167. The molecule has 5 heteroatoms. The van der Waals surface area contributed by atoms with Crippen molar-refractivity contribution in [1.82, 2.24) is 4.90 Å². The van der Waals surface area contributed by atoms with E-state index in [2.05, 4.69) is 4.90 Å². The molecular weight excluding hydrogens is 198 g/mol. The van der Waals surface area contributed by atoms with Crippen molar-refractivity contribution >= 4 is 5.97 Å². The Kier molecular flexibility index (Phi) is 8.27. The van der Waals surface area contributed by atoms with Crippen LogP contribution in [0.3, 0.4) is 0 Å². The highest BCUT2D eigenvalue weighted by Crippen LogP contribution is 2.03. The first-order chi connectivity index (χ1) is 7.11. The van der Waals surface area contributed by atoms with Gasteiger partial charge in [-0.25, -0.2) is 0 Å². The van der Waals surface area contributed by atoms with E-state index < -0.39 is 5.97 Å². The Hall–Kier alpha value is -0.650. The van der Waals surface area contributed by atoms with Crippen LogP contribution in [0.2, 0.25) is 0 Å². The second-order valence-electron chi connectivity index (χ2n) is 3.47. The van der Waals surface area contributed by atoms with Crippen LogP contribution in [-0.2, 0) is 14.3 Å². The van der Waals surface area contributed by atoms with Crippen molar-refractivity contribution in [2.45, 2.75) is 19.4 Å². The number of ether oxygens (including phenoxy) is 2. The lowest BCUT2D eigenvalue weighted by atomic mass is 10.2. The molecule has 0 aromatic rings. The second-order valence-corrected chi connectivity index (χ2v) is 3.47. The highest BCUT2D eigenvalue weighted by atomic mass is 16.5. The predicted molar refractivity (Wildman–Crippen MR) is 57.0 cm³/mol. The molecule has 0 aliphatic carbocycles. The molecule has 0 amide bonds. The van der Waals surface area contributed by atoms with E-state index in [9.17, 15) is 4.79 Å². The second kappa shape index (κ2) is 8.64. The molecular formula is C10H21NO4. The summed E-state index contributed by atoms with van der Waals surface area (Å²) in [5.74, 6) is -0.776. The number of rotatable bonds is 9. The number of nitrogens with zero attached hydrogens (tertiary/aromatic N) is 1. The van der Waals surface area contributed by atoms with Crippen LogP contribution in [0, 0.1) is 0 Å². The quantitative estimate of drug-likeness (QED) is 0.610. The summed E-state index contributed by atoms with van der Waals surface area (Å²) < 4.78 is 9.96. The average Bonchev–Trinajstić information content (AvgIpc) is 2.17. The smallest absolute Gasteiger partial charge is 0.304 e. The fourth-order valence-corrected chi connectivity index (χ4v) is 1.35. The summed E-state index contributed by atoms with van der Waals surface area (Å²) in [5.41, 5.74) is 0. The molecule has 0 saturated heterocycles. The molecule has 0 radical (unpaired) electrons. The number of carboxylic acid groups (broad SMARTS) is 1. The number of carboxylic acids is 1. The summed E-state index contributed by atoms with van der Waals surface area (Å²) in [7, 11) is 3.27. The standard InChI is InChI=1S/C10H21NO4/c1-9(8-10(12)13)11(4-6-14-2)5-7-15-3/h9H,4-8H2,1-3H3,(H,12,13). The van der Waals surface area contributed by atoms with E-state index in [4.69, 9.17) is 14.6 Å². The molecule has 0 aromatic heterocycles. The van der Waals surface area contributed by atoms with Crippen molar-refractivity contribution in [2.75, 3.05) is 40.5 Å². The Morgan fingerprint density at radius 1 is 1.27 bits per heavy atom. The third-order valence-electron chi connectivity index (χ3n) is 2.26. The lowest BCUT2D eigenvalue weighted by Crippen LogP contribution is -2.39. The molecule has 0 aliphatic heterocycles. The maximum atomic E-state index is 10.6. The van der Waals surface area contributed by atoms with Gasteiger partial charge in [-0.2, -0.15) is 0 Å². The van der Waals surface area contributed by atoms with Crippen LogP contribution in [0.1, 0.15) is 13.3 Å². The Morgan fingerprint density at radius 3 is 2.07 bits per heavy atom. The van der Waals surface area contributed by atoms with Gasteiger partial charge in [0.15, 0.2) is 0 Å². The minimum Gasteiger partial charge on any atom is -0.481 e. The molecule has 90 valence electrons. The van der Waals surface area contributed by atoms with Crippen LogP contribution >= 0.6 is 0 Å². The van der Waals surface area contributed by atoms with Gasteiger partial charge in [0.25, 0.3) is 0 Å². The largest absolute Gasteiger partial charge is 0.481 e. The average molecular weight is 219 g/mol. The highest BCUT2D eigenvalue weighted by Gasteiger charge is 2.16. The summed E-state index contributed by atoms with van der Waals surface area (Å²) in [6.07, 6.45) is 0.146. The molecule has 1 N–H and O–H groups in total. The summed E-state index contributed by atoms with van der Waals surface area (Å²) in [4.78, 5) is 12.6. The molecule has 0 aromatic carbocycles. The fourth-order valence-electron chi connectivity index (χ4n) is 1.35. The topological polar surface area (TPSA) is 59.0 Å². The van der Waals surface area contributed by atoms with Crippen molar-refractivity contribution in [2.24, 2.45) is 0 Å². The van der Waals surface area contributed by atoms with Crippen molar-refractivity contribution in [3.05, 3.63) is 0 Å². The van der Waals surface area contributed by atoms with Gasteiger partial charge in [0.1, 0.15) is 0 Å². The van der Waals surface area contributed by atoms with Gasteiger partial charge in [-0.1, -0.05) is 0 Å². The number of hydrogen-bond donors (Lipinski definition) is 1. The molecule has 0 heterocycles. The van der Waals surface area contributed by atoms with Crippen LogP contribution in [0.4, 0.5) is 0 Å². The Labute approximate surface area is 91.0 Å². The first-order valence-electron chi connectivity index (χ1n) is 5.05. The van der Waals surface area contributed by atoms with E-state index >= 15 is 0 Å². The maximum Gasteiger partial charge on any atom is 0.304 e. The van der Waals surface area contributed by atoms with E-state index in [0.717, 1.165) is 13.1 Å². The third-order valence-corrected chi connectivity index (χ3v) is 2.26. The highest BCUT2D eigenvalue weighted by molar-refractivity contribution is 5.67. The van der Waals surface area contributed by atoms with Crippen LogP contribution in [0.5, 0.6) is 0 Å². The first-order valence-corrected chi connectivity index (χ1v) is 5.05. The molecule has 0 spiro atoms. The minimum absolute atomic E-state index is 0.00722. The van der Waals surface area contributed by atoms with Crippen LogP contribution < -0.4 is 0 Å².